The van der Waals surface area contributed by atoms with Crippen molar-refractivity contribution in [2.24, 2.45) is 0 Å². The Hall–Kier alpha value is -3.35. The third kappa shape index (κ3) is 5.53. The first-order valence-corrected chi connectivity index (χ1v) is 11.7. The Balaban J connectivity index is 1.30. The Morgan fingerprint density at radius 3 is 2.48 bits per heavy atom. The lowest BCUT2D eigenvalue weighted by atomic mass is 9.98. The lowest BCUT2D eigenvalue weighted by molar-refractivity contribution is -0.158. The topological polar surface area (TPSA) is 79.0 Å². The number of ether oxygens (including phenoxy) is 1. The van der Waals surface area contributed by atoms with Crippen LogP contribution in [0.1, 0.15) is 54.1 Å². The molecule has 7 heteroatoms. The van der Waals surface area contributed by atoms with E-state index in [9.17, 15) is 14.4 Å². The molecule has 1 N–H and O–H groups in total. The summed E-state index contributed by atoms with van der Waals surface area (Å²) in [4.78, 5) is 41.2. The van der Waals surface area contributed by atoms with Crippen molar-refractivity contribution in [2.75, 3.05) is 19.7 Å². The van der Waals surface area contributed by atoms with Gasteiger partial charge in [0.25, 0.3) is 5.91 Å². The molecule has 1 unspecified atom stereocenters. The molecular weight excluding hydrogens is 418 g/mol. The number of hydrogen-bond donors (Lipinski definition) is 1. The van der Waals surface area contributed by atoms with Crippen LogP contribution in [-0.4, -0.2) is 53.3 Å². The van der Waals surface area contributed by atoms with Crippen LogP contribution in [0.4, 0.5) is 0 Å². The van der Waals surface area contributed by atoms with E-state index < -0.39 is 0 Å². The summed E-state index contributed by atoms with van der Waals surface area (Å²) in [6, 6.07) is 14.6. The monoisotopic (exact) mass is 449 g/mol. The van der Waals surface area contributed by atoms with E-state index in [4.69, 9.17) is 4.74 Å². The fourth-order valence-electron chi connectivity index (χ4n) is 4.35. The van der Waals surface area contributed by atoms with Gasteiger partial charge in [-0.1, -0.05) is 31.2 Å². The number of rotatable bonds is 8. The normalized spacial score (nSPS) is 18.2. The smallest absolute Gasteiger partial charge is 0.251 e. The average molecular weight is 450 g/mol. The molecule has 2 fully saturated rings. The molecule has 0 bridgehead atoms. The van der Waals surface area contributed by atoms with Crippen molar-refractivity contribution in [3.05, 3.63) is 65.2 Å². The van der Waals surface area contributed by atoms with E-state index in [-0.39, 0.29) is 30.3 Å². The predicted octanol–water partition coefficient (Wildman–Crippen LogP) is 3.13. The summed E-state index contributed by atoms with van der Waals surface area (Å²) in [5.41, 5.74) is 2.45. The molecule has 0 radical (unpaired) electrons. The molecular formula is C26H31N3O4. The first-order valence-electron chi connectivity index (χ1n) is 11.7. The number of fused-ring (bicyclic) bond motifs is 1. The summed E-state index contributed by atoms with van der Waals surface area (Å²) < 4.78 is 5.58. The van der Waals surface area contributed by atoms with Crippen LogP contribution >= 0.6 is 0 Å². The van der Waals surface area contributed by atoms with Crippen molar-refractivity contribution in [1.82, 2.24) is 15.1 Å². The summed E-state index contributed by atoms with van der Waals surface area (Å²) in [6.07, 6.45) is 3.66. The van der Waals surface area contributed by atoms with Gasteiger partial charge in [0, 0.05) is 25.2 Å². The van der Waals surface area contributed by atoms with E-state index >= 15 is 0 Å². The third-order valence-corrected chi connectivity index (χ3v) is 6.18. The summed E-state index contributed by atoms with van der Waals surface area (Å²) in [6.45, 7) is 4.37. The number of nitrogens with zero attached hydrogens (tertiary/aromatic N) is 2. The number of carbonyl (C=O) groups is 3. The molecule has 174 valence electrons. The fraction of sp³-hybridized carbons (Fsp3) is 0.423. The SMILES string of the molecule is CCCOc1ccc(CNC(=O)c2ccc(CN3CC(=O)N4CCCCC4C3=O)cc2)cc1. The van der Waals surface area contributed by atoms with Gasteiger partial charge in [0.1, 0.15) is 18.3 Å². The Morgan fingerprint density at radius 1 is 1.03 bits per heavy atom. The van der Waals surface area contributed by atoms with Gasteiger partial charge in [-0.3, -0.25) is 14.4 Å². The average Bonchev–Trinajstić information content (AvgIpc) is 2.85. The summed E-state index contributed by atoms with van der Waals surface area (Å²) in [5.74, 6) is 0.727. The van der Waals surface area contributed by atoms with E-state index in [1.165, 1.54) is 0 Å². The van der Waals surface area contributed by atoms with Crippen LogP contribution in [0, 0.1) is 0 Å². The molecule has 2 aliphatic heterocycles. The molecule has 2 aromatic rings. The molecule has 2 aliphatic rings. The number of amides is 3. The van der Waals surface area contributed by atoms with Crippen molar-refractivity contribution in [3.63, 3.8) is 0 Å². The van der Waals surface area contributed by atoms with E-state index in [1.807, 2.05) is 36.4 Å². The predicted molar refractivity (Wildman–Crippen MR) is 125 cm³/mol. The number of piperazine rings is 1. The Bertz CT molecular complexity index is 988. The lowest BCUT2D eigenvalue weighted by Crippen LogP contribution is -2.60. The molecule has 7 nitrogen and oxygen atoms in total. The molecule has 3 amide bonds. The second-order valence-corrected chi connectivity index (χ2v) is 8.67. The minimum atomic E-state index is -0.308. The van der Waals surface area contributed by atoms with E-state index in [0.29, 0.717) is 31.8 Å². The molecule has 2 heterocycles. The zero-order chi connectivity index (χ0) is 23.2. The van der Waals surface area contributed by atoms with Crippen molar-refractivity contribution in [1.29, 1.82) is 0 Å². The van der Waals surface area contributed by atoms with Gasteiger partial charge in [0.15, 0.2) is 0 Å². The quantitative estimate of drug-likeness (QED) is 0.672. The Kier molecular flexibility index (Phi) is 7.27. The number of benzene rings is 2. The highest BCUT2D eigenvalue weighted by atomic mass is 16.5. The summed E-state index contributed by atoms with van der Waals surface area (Å²) in [7, 11) is 0. The van der Waals surface area contributed by atoms with Crippen LogP contribution in [0.25, 0.3) is 0 Å². The minimum absolute atomic E-state index is 0.0280. The molecule has 2 saturated heterocycles. The maximum Gasteiger partial charge on any atom is 0.251 e. The highest BCUT2D eigenvalue weighted by Gasteiger charge is 2.40. The zero-order valence-corrected chi connectivity index (χ0v) is 19.1. The van der Waals surface area contributed by atoms with Crippen LogP contribution in [0.3, 0.4) is 0 Å². The van der Waals surface area contributed by atoms with Gasteiger partial charge in [0.05, 0.1) is 6.61 Å². The van der Waals surface area contributed by atoms with Gasteiger partial charge in [-0.05, 0) is 61.1 Å². The molecule has 0 aromatic heterocycles. The molecule has 0 saturated carbocycles. The maximum atomic E-state index is 12.8. The van der Waals surface area contributed by atoms with Crippen LogP contribution in [0.15, 0.2) is 48.5 Å². The van der Waals surface area contributed by atoms with Crippen LogP contribution in [0.2, 0.25) is 0 Å². The third-order valence-electron chi connectivity index (χ3n) is 6.18. The van der Waals surface area contributed by atoms with Crippen LogP contribution < -0.4 is 10.1 Å². The number of nitrogens with one attached hydrogen (secondary N) is 1. The second kappa shape index (κ2) is 10.5. The zero-order valence-electron chi connectivity index (χ0n) is 19.1. The van der Waals surface area contributed by atoms with Crippen molar-refractivity contribution in [2.45, 2.75) is 51.7 Å². The minimum Gasteiger partial charge on any atom is -0.494 e. The second-order valence-electron chi connectivity index (χ2n) is 8.67. The first-order chi connectivity index (χ1) is 16.0. The molecule has 0 spiro atoms. The number of carbonyl (C=O) groups excluding carboxylic acids is 3. The highest BCUT2D eigenvalue weighted by Crippen LogP contribution is 2.24. The molecule has 0 aliphatic carbocycles. The lowest BCUT2D eigenvalue weighted by Gasteiger charge is -2.42. The van der Waals surface area contributed by atoms with Gasteiger partial charge in [-0.25, -0.2) is 0 Å². The first kappa shape index (κ1) is 22.8. The number of hydrogen-bond acceptors (Lipinski definition) is 4. The van der Waals surface area contributed by atoms with Crippen LogP contribution in [0.5, 0.6) is 5.75 Å². The Morgan fingerprint density at radius 2 is 1.76 bits per heavy atom. The van der Waals surface area contributed by atoms with Gasteiger partial charge in [-0.15, -0.1) is 0 Å². The van der Waals surface area contributed by atoms with E-state index in [2.05, 4.69) is 12.2 Å². The molecule has 2 aromatic carbocycles. The number of piperidine rings is 1. The van der Waals surface area contributed by atoms with Gasteiger partial charge >= 0.3 is 0 Å². The molecule has 4 rings (SSSR count). The summed E-state index contributed by atoms with van der Waals surface area (Å²) in [5, 5.41) is 2.93. The largest absolute Gasteiger partial charge is 0.494 e. The Labute approximate surface area is 194 Å². The van der Waals surface area contributed by atoms with Crippen LogP contribution in [-0.2, 0) is 22.7 Å². The maximum absolute atomic E-state index is 12.8. The van der Waals surface area contributed by atoms with Crippen molar-refractivity contribution < 1.29 is 19.1 Å². The standard InChI is InChI=1S/C26H31N3O4/c1-2-15-33-22-12-8-19(9-13-22)16-27-25(31)21-10-6-20(7-11-21)17-28-18-24(30)29-14-4-3-5-23(29)26(28)32/h6-13,23H,2-5,14-18H2,1H3,(H,27,31). The highest BCUT2D eigenvalue weighted by molar-refractivity contribution is 5.95. The van der Waals surface area contributed by atoms with Gasteiger partial charge in [-0.2, -0.15) is 0 Å². The fourth-order valence-corrected chi connectivity index (χ4v) is 4.35. The van der Waals surface area contributed by atoms with Gasteiger partial charge < -0.3 is 19.9 Å². The summed E-state index contributed by atoms with van der Waals surface area (Å²) >= 11 is 0. The van der Waals surface area contributed by atoms with E-state index in [0.717, 1.165) is 42.6 Å². The van der Waals surface area contributed by atoms with Gasteiger partial charge in [0.2, 0.25) is 11.8 Å². The van der Waals surface area contributed by atoms with Crippen molar-refractivity contribution >= 4 is 17.7 Å². The molecule has 33 heavy (non-hydrogen) atoms. The molecule has 1 atom stereocenters. The van der Waals surface area contributed by atoms with Crippen molar-refractivity contribution in [3.8, 4) is 5.75 Å². The van der Waals surface area contributed by atoms with E-state index in [1.54, 1.807) is 21.9 Å².